The van der Waals surface area contributed by atoms with Crippen LogP contribution in [-0.4, -0.2) is 21.5 Å². The van der Waals surface area contributed by atoms with Crippen LogP contribution < -0.4 is 0 Å². The summed E-state index contributed by atoms with van der Waals surface area (Å²) in [6, 6.07) is 2.09. The van der Waals surface area contributed by atoms with Crippen LogP contribution in [0.15, 0.2) is 24.7 Å². The quantitative estimate of drug-likeness (QED) is 0.647. The second-order valence-corrected chi connectivity index (χ2v) is 4.04. The summed E-state index contributed by atoms with van der Waals surface area (Å²) >= 11 is 0. The number of pyridine rings is 1. The Kier molecular flexibility index (Phi) is 1.63. The molecular formula is C12H13N3. The topological polar surface area (TPSA) is 21.1 Å². The SMILES string of the molecule is CN1C=Cc2c(n(C)c3cnccc23)C1. The molecule has 0 atom stereocenters. The molecule has 1 aliphatic heterocycles. The number of hydrogen-bond acceptors (Lipinski definition) is 2. The Morgan fingerprint density at radius 3 is 3.07 bits per heavy atom. The summed E-state index contributed by atoms with van der Waals surface area (Å²) in [5, 5.41) is 1.30. The predicted octanol–water partition coefficient (Wildman–Crippen LogP) is 1.99. The number of nitrogens with zero attached hydrogens (tertiary/aromatic N) is 3. The molecule has 3 nitrogen and oxygen atoms in total. The zero-order valence-corrected chi connectivity index (χ0v) is 8.94. The van der Waals surface area contributed by atoms with Gasteiger partial charge in [0.05, 0.1) is 18.3 Å². The number of fused-ring (bicyclic) bond motifs is 3. The smallest absolute Gasteiger partial charge is 0.0673 e. The second-order valence-electron chi connectivity index (χ2n) is 4.04. The van der Waals surface area contributed by atoms with E-state index in [0.717, 1.165) is 6.54 Å². The molecule has 0 saturated carbocycles. The minimum atomic E-state index is 0.969. The van der Waals surface area contributed by atoms with Crippen LogP contribution in [0.3, 0.4) is 0 Å². The molecule has 0 aromatic carbocycles. The highest BCUT2D eigenvalue weighted by Crippen LogP contribution is 2.29. The van der Waals surface area contributed by atoms with Crippen LogP contribution in [0.4, 0.5) is 0 Å². The first-order valence-electron chi connectivity index (χ1n) is 5.07. The zero-order valence-electron chi connectivity index (χ0n) is 8.94. The van der Waals surface area contributed by atoms with Gasteiger partial charge in [-0.3, -0.25) is 4.98 Å². The molecule has 0 radical (unpaired) electrons. The summed E-state index contributed by atoms with van der Waals surface area (Å²) in [6.45, 7) is 0.969. The van der Waals surface area contributed by atoms with E-state index in [4.69, 9.17) is 0 Å². The molecule has 0 fully saturated rings. The van der Waals surface area contributed by atoms with E-state index >= 15 is 0 Å². The number of rotatable bonds is 0. The molecular weight excluding hydrogens is 186 g/mol. The summed E-state index contributed by atoms with van der Waals surface area (Å²) < 4.78 is 2.23. The average molecular weight is 199 g/mol. The maximum atomic E-state index is 4.18. The monoisotopic (exact) mass is 199 g/mol. The Labute approximate surface area is 88.6 Å². The maximum Gasteiger partial charge on any atom is 0.0673 e. The lowest BCUT2D eigenvalue weighted by molar-refractivity contribution is 0.434. The lowest BCUT2D eigenvalue weighted by Gasteiger charge is -2.19. The third-order valence-electron chi connectivity index (χ3n) is 3.06. The Morgan fingerprint density at radius 2 is 2.20 bits per heavy atom. The van der Waals surface area contributed by atoms with Crippen molar-refractivity contribution in [2.45, 2.75) is 6.54 Å². The van der Waals surface area contributed by atoms with Crippen LogP contribution in [-0.2, 0) is 13.6 Å². The second kappa shape index (κ2) is 2.86. The maximum absolute atomic E-state index is 4.18. The fraction of sp³-hybridized carbons (Fsp3) is 0.250. The van der Waals surface area contributed by atoms with Crippen molar-refractivity contribution in [2.24, 2.45) is 7.05 Å². The zero-order chi connectivity index (χ0) is 10.4. The molecule has 76 valence electrons. The van der Waals surface area contributed by atoms with Crippen LogP contribution in [0.2, 0.25) is 0 Å². The van der Waals surface area contributed by atoms with Crippen LogP contribution >= 0.6 is 0 Å². The Morgan fingerprint density at radius 1 is 1.33 bits per heavy atom. The lowest BCUT2D eigenvalue weighted by Crippen LogP contribution is -2.16. The number of aryl methyl sites for hydroxylation is 1. The van der Waals surface area contributed by atoms with Crippen LogP contribution in [0.1, 0.15) is 11.3 Å². The predicted molar refractivity (Wildman–Crippen MR) is 61.2 cm³/mol. The van der Waals surface area contributed by atoms with Gasteiger partial charge in [0.2, 0.25) is 0 Å². The molecule has 0 bridgehead atoms. The molecule has 3 heterocycles. The minimum absolute atomic E-state index is 0.969. The highest BCUT2D eigenvalue weighted by Gasteiger charge is 2.16. The van der Waals surface area contributed by atoms with Crippen molar-refractivity contribution in [3.63, 3.8) is 0 Å². The Bertz CT molecular complexity index is 551. The average Bonchev–Trinajstić information content (AvgIpc) is 2.54. The molecule has 3 heteroatoms. The number of aromatic nitrogens is 2. The fourth-order valence-corrected chi connectivity index (χ4v) is 2.23. The van der Waals surface area contributed by atoms with E-state index in [1.807, 2.05) is 12.4 Å². The molecule has 2 aromatic heterocycles. The van der Waals surface area contributed by atoms with Gasteiger partial charge in [0, 0.05) is 36.9 Å². The van der Waals surface area contributed by atoms with E-state index in [1.165, 1.54) is 22.2 Å². The first-order valence-corrected chi connectivity index (χ1v) is 5.07. The van der Waals surface area contributed by atoms with Crippen molar-refractivity contribution in [3.05, 3.63) is 35.9 Å². The molecule has 1 aliphatic rings. The van der Waals surface area contributed by atoms with E-state index in [1.54, 1.807) is 0 Å². The summed E-state index contributed by atoms with van der Waals surface area (Å²) in [7, 11) is 4.20. The minimum Gasteiger partial charge on any atom is -0.375 e. The Hall–Kier alpha value is -1.77. The molecule has 0 aliphatic carbocycles. The molecule has 0 unspecified atom stereocenters. The van der Waals surface area contributed by atoms with Gasteiger partial charge >= 0.3 is 0 Å². The standard InChI is InChI=1S/C12H13N3/c1-14-6-4-10-9-3-5-13-7-11(9)15(2)12(10)8-14/h3-7H,8H2,1-2H3. The highest BCUT2D eigenvalue weighted by atomic mass is 15.1. The van der Waals surface area contributed by atoms with Gasteiger partial charge < -0.3 is 9.47 Å². The van der Waals surface area contributed by atoms with Gasteiger partial charge in [0.1, 0.15) is 0 Å². The first kappa shape index (κ1) is 8.53. The van der Waals surface area contributed by atoms with Crippen molar-refractivity contribution in [1.82, 2.24) is 14.5 Å². The summed E-state index contributed by atoms with van der Waals surface area (Å²) in [6.07, 6.45) is 8.10. The third-order valence-corrected chi connectivity index (χ3v) is 3.06. The van der Waals surface area contributed by atoms with Crippen molar-refractivity contribution < 1.29 is 0 Å². The van der Waals surface area contributed by atoms with Crippen LogP contribution in [0.25, 0.3) is 17.0 Å². The summed E-state index contributed by atoms with van der Waals surface area (Å²) in [5.41, 5.74) is 3.92. The van der Waals surface area contributed by atoms with Gasteiger partial charge in [-0.25, -0.2) is 0 Å². The molecule has 3 rings (SSSR count). The highest BCUT2D eigenvalue weighted by molar-refractivity contribution is 5.91. The largest absolute Gasteiger partial charge is 0.375 e. The molecule has 0 spiro atoms. The van der Waals surface area contributed by atoms with Crippen LogP contribution in [0, 0.1) is 0 Å². The molecule has 0 amide bonds. The Balaban J connectivity index is 2.39. The van der Waals surface area contributed by atoms with Gasteiger partial charge in [-0.1, -0.05) is 0 Å². The van der Waals surface area contributed by atoms with Crippen molar-refractivity contribution in [3.8, 4) is 0 Å². The molecule has 0 saturated heterocycles. The normalized spacial score (nSPS) is 14.7. The van der Waals surface area contributed by atoms with Gasteiger partial charge in [0.15, 0.2) is 0 Å². The summed E-state index contributed by atoms with van der Waals surface area (Å²) in [4.78, 5) is 6.37. The van der Waals surface area contributed by atoms with Crippen LogP contribution in [0.5, 0.6) is 0 Å². The molecule has 15 heavy (non-hydrogen) atoms. The van der Waals surface area contributed by atoms with Crippen molar-refractivity contribution >= 4 is 17.0 Å². The van der Waals surface area contributed by atoms with E-state index in [9.17, 15) is 0 Å². The van der Waals surface area contributed by atoms with Gasteiger partial charge in [-0.15, -0.1) is 0 Å². The van der Waals surface area contributed by atoms with Gasteiger partial charge in [0.25, 0.3) is 0 Å². The lowest BCUT2D eigenvalue weighted by atomic mass is 10.1. The molecule has 0 N–H and O–H groups in total. The van der Waals surface area contributed by atoms with E-state index in [0.29, 0.717) is 0 Å². The first-order chi connectivity index (χ1) is 7.27. The van der Waals surface area contributed by atoms with E-state index in [-0.39, 0.29) is 0 Å². The van der Waals surface area contributed by atoms with Crippen molar-refractivity contribution in [2.75, 3.05) is 7.05 Å². The number of hydrogen-bond donors (Lipinski definition) is 0. The van der Waals surface area contributed by atoms with E-state index < -0.39 is 0 Å². The third kappa shape index (κ3) is 1.09. The van der Waals surface area contributed by atoms with E-state index in [2.05, 4.69) is 46.9 Å². The van der Waals surface area contributed by atoms with Gasteiger partial charge in [-0.05, 0) is 18.3 Å². The van der Waals surface area contributed by atoms with Crippen molar-refractivity contribution in [1.29, 1.82) is 0 Å². The summed E-state index contributed by atoms with van der Waals surface area (Å²) in [5.74, 6) is 0. The van der Waals surface area contributed by atoms with Gasteiger partial charge in [-0.2, -0.15) is 0 Å². The molecule has 2 aromatic rings. The fourth-order valence-electron chi connectivity index (χ4n) is 2.23.